The molecular formula is C34H37ClF3N7O2. The minimum Gasteiger partial charge on any atom is -0.462 e. The highest BCUT2D eigenvalue weighted by atomic mass is 35.5. The quantitative estimate of drug-likeness (QED) is 0.229. The third-order valence-electron chi connectivity index (χ3n) is 9.33. The highest BCUT2D eigenvalue weighted by molar-refractivity contribution is 6.36. The number of carbonyl (C=O) groups is 1. The Morgan fingerprint density at radius 3 is 2.70 bits per heavy atom. The average molecular weight is 668 g/mol. The summed E-state index contributed by atoms with van der Waals surface area (Å²) in [4.78, 5) is 33.3. The molecule has 248 valence electrons. The molecule has 6 rings (SSSR count). The molecule has 1 aromatic heterocycles. The van der Waals surface area contributed by atoms with Crippen LogP contribution >= 0.6 is 11.6 Å². The Morgan fingerprint density at radius 1 is 1.15 bits per heavy atom. The summed E-state index contributed by atoms with van der Waals surface area (Å²) >= 11 is 6.48. The zero-order valence-electron chi connectivity index (χ0n) is 26.4. The van der Waals surface area contributed by atoms with Gasteiger partial charge in [0.05, 0.1) is 17.3 Å². The molecule has 3 aromatic rings. The zero-order valence-corrected chi connectivity index (χ0v) is 27.2. The Morgan fingerprint density at radius 2 is 1.96 bits per heavy atom. The van der Waals surface area contributed by atoms with Crippen LogP contribution in [0.5, 0.6) is 6.01 Å². The number of benzene rings is 2. The average Bonchev–Trinajstić information content (AvgIpc) is 3.45. The van der Waals surface area contributed by atoms with Crippen molar-refractivity contribution in [3.63, 3.8) is 0 Å². The number of hydrogen-bond donors (Lipinski definition) is 0. The topological polar surface area (TPSA) is 69.4 Å². The Balaban J connectivity index is 1.35. The molecule has 0 unspecified atom stereocenters. The molecule has 1 amide bonds. The smallest absolute Gasteiger partial charge is 0.318 e. The number of likely N-dealkylation sites (tertiary alicyclic amines) is 1. The van der Waals surface area contributed by atoms with Crippen LogP contribution in [0.3, 0.4) is 0 Å². The van der Waals surface area contributed by atoms with Gasteiger partial charge in [0, 0.05) is 61.4 Å². The monoisotopic (exact) mass is 667 g/mol. The van der Waals surface area contributed by atoms with Gasteiger partial charge in [0.1, 0.15) is 30.5 Å². The van der Waals surface area contributed by atoms with Gasteiger partial charge in [0.25, 0.3) is 5.91 Å². The van der Waals surface area contributed by atoms with Gasteiger partial charge >= 0.3 is 6.01 Å². The molecule has 0 N–H and O–H groups in total. The van der Waals surface area contributed by atoms with Gasteiger partial charge in [-0.1, -0.05) is 36.4 Å². The van der Waals surface area contributed by atoms with Crippen molar-refractivity contribution >= 4 is 39.8 Å². The van der Waals surface area contributed by atoms with Crippen LogP contribution in [-0.4, -0.2) is 95.8 Å². The maximum Gasteiger partial charge on any atom is 0.318 e. The molecule has 0 radical (unpaired) electrons. The van der Waals surface area contributed by atoms with Crippen LogP contribution in [0.1, 0.15) is 31.5 Å². The molecule has 0 spiro atoms. The molecule has 0 aliphatic carbocycles. The van der Waals surface area contributed by atoms with Crippen molar-refractivity contribution in [1.29, 1.82) is 0 Å². The lowest BCUT2D eigenvalue weighted by molar-refractivity contribution is -0.131. The molecule has 9 nitrogen and oxygen atoms in total. The normalized spacial score (nSPS) is 21.7. The van der Waals surface area contributed by atoms with E-state index in [1.54, 1.807) is 6.07 Å². The van der Waals surface area contributed by atoms with Crippen LogP contribution in [0.2, 0.25) is 5.02 Å². The first-order valence-corrected chi connectivity index (χ1v) is 16.2. The number of carbonyl (C=O) groups excluding carboxylic acids is 1. The predicted molar refractivity (Wildman–Crippen MR) is 176 cm³/mol. The number of fused-ring (bicyclic) bond motifs is 2. The van der Waals surface area contributed by atoms with Gasteiger partial charge in [-0.05, 0) is 44.2 Å². The first-order valence-electron chi connectivity index (χ1n) is 15.8. The lowest BCUT2D eigenvalue weighted by Gasteiger charge is -2.41. The van der Waals surface area contributed by atoms with Crippen LogP contribution in [0.25, 0.3) is 15.6 Å². The summed E-state index contributed by atoms with van der Waals surface area (Å²) in [7, 11) is 0. The Hall–Kier alpha value is -4.08. The van der Waals surface area contributed by atoms with Gasteiger partial charge in [-0.2, -0.15) is 9.97 Å². The van der Waals surface area contributed by atoms with Crippen molar-refractivity contribution in [3.8, 4) is 6.01 Å². The fraction of sp³-hybridized carbons (Fsp3) is 0.471. The van der Waals surface area contributed by atoms with E-state index in [4.69, 9.17) is 32.9 Å². The molecule has 0 bridgehead atoms. The fourth-order valence-corrected chi connectivity index (χ4v) is 7.33. The molecule has 0 saturated carbocycles. The number of piperazine rings is 1. The van der Waals surface area contributed by atoms with Crippen molar-refractivity contribution in [2.75, 3.05) is 55.7 Å². The summed E-state index contributed by atoms with van der Waals surface area (Å²) in [6.45, 7) is 17.0. The van der Waals surface area contributed by atoms with E-state index in [0.29, 0.717) is 55.9 Å². The molecule has 3 aliphatic heterocycles. The Labute approximate surface area is 277 Å². The maximum absolute atomic E-state index is 14.6. The summed E-state index contributed by atoms with van der Waals surface area (Å²) < 4.78 is 49.0. The van der Waals surface area contributed by atoms with E-state index < -0.39 is 29.8 Å². The fourth-order valence-electron chi connectivity index (χ4n) is 7.06. The summed E-state index contributed by atoms with van der Waals surface area (Å²) in [6.07, 6.45) is -0.0260. The standard InChI is InChI=1S/C34H37ClF3N7O2/c1-20(2)45-16-23(37)14-24(45)19-47-34-40-28-18-42(29-7-5-6-22-8-9-27(38)31(35)30(22)29)11-10-26(28)32(41-34)43-12-13-44(33(46)21(3)36)25(17-43)15-39-4/h5-9,20,23-25H,3,10-19H2,1-2H3/t23-,24+,25+/m1/s1. The molecule has 3 atom stereocenters. The predicted octanol–water partition coefficient (Wildman–Crippen LogP) is 5.60. The van der Waals surface area contributed by atoms with Gasteiger partial charge in [-0.3, -0.25) is 9.69 Å². The van der Waals surface area contributed by atoms with Gasteiger partial charge in [-0.15, -0.1) is 0 Å². The Bertz CT molecular complexity index is 1730. The number of nitrogens with zero attached hydrogens (tertiary/aromatic N) is 7. The number of alkyl halides is 1. The third kappa shape index (κ3) is 6.56. The van der Waals surface area contributed by atoms with Crippen LogP contribution in [0.15, 0.2) is 42.7 Å². The molecule has 2 fully saturated rings. The van der Waals surface area contributed by atoms with E-state index in [9.17, 15) is 18.0 Å². The molecule has 2 aromatic carbocycles. The van der Waals surface area contributed by atoms with Crippen molar-refractivity contribution in [2.45, 2.75) is 57.5 Å². The number of halogens is 4. The first kappa shape index (κ1) is 32.8. The van der Waals surface area contributed by atoms with Crippen molar-refractivity contribution in [1.82, 2.24) is 19.8 Å². The zero-order chi connectivity index (χ0) is 33.4. The van der Waals surface area contributed by atoms with Gasteiger partial charge in [-0.25, -0.2) is 19.7 Å². The second-order valence-corrected chi connectivity index (χ2v) is 13.0. The van der Waals surface area contributed by atoms with Crippen LogP contribution in [-0.2, 0) is 17.8 Å². The maximum atomic E-state index is 14.6. The first-order chi connectivity index (χ1) is 22.5. The second kappa shape index (κ2) is 13.6. The van der Waals surface area contributed by atoms with Crippen molar-refractivity contribution < 1.29 is 22.7 Å². The Kier molecular flexibility index (Phi) is 9.48. The van der Waals surface area contributed by atoms with Crippen molar-refractivity contribution in [3.05, 3.63) is 76.3 Å². The SMILES string of the molecule is [C-]#[N+]C[C@H]1CN(c2nc(OC[C@@H]3C[C@@H](F)CN3C(C)C)nc3c2CCN(c2cccc4ccc(F)c(Cl)c24)C3)CCN1C(=O)C(=C)F. The van der Waals surface area contributed by atoms with Gasteiger partial charge in [0.2, 0.25) is 6.54 Å². The lowest BCUT2D eigenvalue weighted by Crippen LogP contribution is -2.57. The minimum absolute atomic E-state index is 0.00452. The lowest BCUT2D eigenvalue weighted by atomic mass is 10.0. The number of ether oxygens (including phenoxy) is 1. The number of anilines is 2. The summed E-state index contributed by atoms with van der Waals surface area (Å²) in [5.74, 6) is -1.74. The van der Waals surface area contributed by atoms with E-state index >= 15 is 0 Å². The molecular weight excluding hydrogens is 631 g/mol. The van der Waals surface area contributed by atoms with Crippen LogP contribution < -0.4 is 14.5 Å². The number of amides is 1. The summed E-state index contributed by atoms with van der Waals surface area (Å²) in [5.41, 5.74) is 2.40. The molecule has 3 aliphatic rings. The van der Waals surface area contributed by atoms with E-state index in [1.807, 2.05) is 36.9 Å². The molecule has 4 heterocycles. The number of rotatable bonds is 8. The second-order valence-electron chi connectivity index (χ2n) is 12.6. The van der Waals surface area contributed by atoms with E-state index in [0.717, 1.165) is 16.6 Å². The van der Waals surface area contributed by atoms with Crippen LogP contribution in [0.4, 0.5) is 24.7 Å². The summed E-state index contributed by atoms with van der Waals surface area (Å²) in [6, 6.07) is 8.37. The summed E-state index contributed by atoms with van der Waals surface area (Å²) in [5, 5.41) is 1.50. The van der Waals surface area contributed by atoms with Crippen molar-refractivity contribution in [2.24, 2.45) is 0 Å². The van der Waals surface area contributed by atoms with Gasteiger partial charge in [0.15, 0.2) is 5.83 Å². The molecule has 47 heavy (non-hydrogen) atoms. The largest absolute Gasteiger partial charge is 0.462 e. The number of aromatic nitrogens is 2. The highest BCUT2D eigenvalue weighted by Gasteiger charge is 2.37. The number of hydrogen-bond acceptors (Lipinski definition) is 7. The van der Waals surface area contributed by atoms with E-state index in [2.05, 4.69) is 21.2 Å². The molecule has 2 saturated heterocycles. The molecule has 13 heteroatoms. The third-order valence-corrected chi connectivity index (χ3v) is 9.70. The van der Waals surface area contributed by atoms with E-state index in [-0.39, 0.29) is 49.4 Å². The van der Waals surface area contributed by atoms with Gasteiger partial charge < -0.3 is 24.3 Å². The highest BCUT2D eigenvalue weighted by Crippen LogP contribution is 2.38. The minimum atomic E-state index is -1.06. The van der Waals surface area contributed by atoms with Crippen LogP contribution in [0, 0.1) is 12.4 Å². The van der Waals surface area contributed by atoms with E-state index in [1.165, 1.54) is 11.0 Å².